The summed E-state index contributed by atoms with van der Waals surface area (Å²) in [5, 5.41) is 2.37. The van der Waals surface area contributed by atoms with Gasteiger partial charge in [-0.25, -0.2) is 4.79 Å². The molecule has 1 amide bonds. The van der Waals surface area contributed by atoms with Crippen LogP contribution in [-0.4, -0.2) is 24.0 Å². The molecule has 1 aliphatic rings. The van der Waals surface area contributed by atoms with E-state index in [4.69, 9.17) is 4.74 Å². The van der Waals surface area contributed by atoms with Crippen LogP contribution in [-0.2, 0) is 9.53 Å². The number of hydrogen-bond donors (Lipinski definition) is 1. The number of ketones is 1. The molecule has 0 aliphatic heterocycles. The molecule has 0 bridgehead atoms. The molecule has 1 fully saturated rings. The number of carbonyl (C=O) groups is 2. The number of Topliss-reactive ketones (excluding diaryl/α,β-unsaturated/α-hetero) is 1. The third kappa shape index (κ3) is 6.07. The van der Waals surface area contributed by atoms with Crippen molar-refractivity contribution >= 4 is 11.9 Å². The third-order valence-corrected chi connectivity index (χ3v) is 1.79. The van der Waals surface area contributed by atoms with E-state index in [0.29, 0.717) is 5.92 Å². The van der Waals surface area contributed by atoms with Crippen molar-refractivity contribution in [2.24, 2.45) is 5.92 Å². The molecule has 1 rings (SSSR count). The molecule has 0 unspecified atom stereocenters. The van der Waals surface area contributed by atoms with Gasteiger partial charge in [-0.05, 0) is 39.5 Å². The van der Waals surface area contributed by atoms with Crippen LogP contribution in [0, 0.1) is 17.8 Å². The second-order valence-electron chi connectivity index (χ2n) is 4.82. The highest BCUT2D eigenvalue weighted by Gasteiger charge is 2.18. The maximum absolute atomic E-state index is 11.2. The molecule has 16 heavy (non-hydrogen) atoms. The maximum atomic E-state index is 11.2. The summed E-state index contributed by atoms with van der Waals surface area (Å²) in [7, 11) is 0. The van der Waals surface area contributed by atoms with Crippen LogP contribution in [0.5, 0.6) is 0 Å². The zero-order chi connectivity index (χ0) is 12.2. The van der Waals surface area contributed by atoms with Crippen molar-refractivity contribution in [3.8, 4) is 11.8 Å². The van der Waals surface area contributed by atoms with Crippen molar-refractivity contribution in [3.63, 3.8) is 0 Å². The number of hydrogen-bond acceptors (Lipinski definition) is 3. The van der Waals surface area contributed by atoms with E-state index in [1.54, 1.807) is 20.8 Å². The van der Waals surface area contributed by atoms with Gasteiger partial charge in [0.1, 0.15) is 5.60 Å². The number of amides is 1. The smallest absolute Gasteiger partial charge is 0.408 e. The monoisotopic (exact) mass is 223 g/mol. The number of carbonyl (C=O) groups excluding carboxylic acids is 2. The van der Waals surface area contributed by atoms with Crippen LogP contribution in [0.4, 0.5) is 4.79 Å². The zero-order valence-corrected chi connectivity index (χ0v) is 9.92. The van der Waals surface area contributed by atoms with Crippen LogP contribution >= 0.6 is 0 Å². The summed E-state index contributed by atoms with van der Waals surface area (Å²) in [5.41, 5.74) is -0.549. The SMILES string of the molecule is CC(C)(C)OC(=O)NCC(=O)C#CC1CC1. The molecule has 0 aromatic carbocycles. The second kappa shape index (κ2) is 5.02. The van der Waals surface area contributed by atoms with Crippen molar-refractivity contribution in [2.45, 2.75) is 39.2 Å². The Labute approximate surface area is 95.7 Å². The second-order valence-corrected chi connectivity index (χ2v) is 4.82. The van der Waals surface area contributed by atoms with E-state index in [0.717, 1.165) is 12.8 Å². The van der Waals surface area contributed by atoms with Crippen LogP contribution in [0.3, 0.4) is 0 Å². The molecule has 0 atom stereocenters. The molecule has 4 heteroatoms. The molecular weight excluding hydrogens is 206 g/mol. The van der Waals surface area contributed by atoms with E-state index >= 15 is 0 Å². The molecule has 0 aromatic heterocycles. The lowest BCUT2D eigenvalue weighted by atomic mass is 10.2. The Bertz CT molecular complexity index is 340. The van der Waals surface area contributed by atoms with Gasteiger partial charge in [0.05, 0.1) is 6.54 Å². The number of rotatable bonds is 2. The van der Waals surface area contributed by atoms with E-state index in [9.17, 15) is 9.59 Å². The summed E-state index contributed by atoms with van der Waals surface area (Å²) >= 11 is 0. The van der Waals surface area contributed by atoms with E-state index in [1.165, 1.54) is 0 Å². The summed E-state index contributed by atoms with van der Waals surface area (Å²) in [4.78, 5) is 22.4. The van der Waals surface area contributed by atoms with Crippen LogP contribution in [0.15, 0.2) is 0 Å². The van der Waals surface area contributed by atoms with Crippen molar-refractivity contribution in [1.82, 2.24) is 5.32 Å². The molecule has 0 aromatic rings. The van der Waals surface area contributed by atoms with Gasteiger partial charge >= 0.3 is 6.09 Å². The Morgan fingerprint density at radius 2 is 2.00 bits per heavy atom. The summed E-state index contributed by atoms with van der Waals surface area (Å²) in [6.45, 7) is 5.21. The van der Waals surface area contributed by atoms with E-state index < -0.39 is 11.7 Å². The molecule has 0 spiro atoms. The van der Waals surface area contributed by atoms with Crippen LogP contribution in [0.25, 0.3) is 0 Å². The topological polar surface area (TPSA) is 55.4 Å². The Balaban J connectivity index is 2.21. The molecule has 0 radical (unpaired) electrons. The molecule has 1 aliphatic carbocycles. The van der Waals surface area contributed by atoms with Crippen LogP contribution in [0.1, 0.15) is 33.6 Å². The minimum Gasteiger partial charge on any atom is -0.444 e. The van der Waals surface area contributed by atoms with Crippen LogP contribution in [0.2, 0.25) is 0 Å². The number of ether oxygens (including phenoxy) is 1. The summed E-state index contributed by atoms with van der Waals surface area (Å²) < 4.78 is 4.98. The van der Waals surface area contributed by atoms with E-state index in [1.807, 2.05) is 0 Å². The van der Waals surface area contributed by atoms with Crippen molar-refractivity contribution < 1.29 is 14.3 Å². The van der Waals surface area contributed by atoms with Gasteiger partial charge in [0.25, 0.3) is 0 Å². The Kier molecular flexibility index (Phi) is 3.94. The minimum absolute atomic E-state index is 0.0887. The fraction of sp³-hybridized carbons (Fsp3) is 0.667. The van der Waals surface area contributed by atoms with E-state index in [-0.39, 0.29) is 12.3 Å². The fourth-order valence-corrected chi connectivity index (χ4v) is 0.921. The Morgan fingerprint density at radius 3 is 2.50 bits per heavy atom. The van der Waals surface area contributed by atoms with Crippen molar-refractivity contribution in [2.75, 3.05) is 6.54 Å². The largest absolute Gasteiger partial charge is 0.444 e. The fourth-order valence-electron chi connectivity index (χ4n) is 0.921. The zero-order valence-electron chi connectivity index (χ0n) is 9.92. The molecule has 0 heterocycles. The molecular formula is C12H17NO3. The summed E-state index contributed by atoms with van der Waals surface area (Å²) in [6.07, 6.45) is 1.58. The highest BCUT2D eigenvalue weighted by atomic mass is 16.6. The first-order valence-corrected chi connectivity index (χ1v) is 5.38. The van der Waals surface area contributed by atoms with Crippen molar-refractivity contribution in [3.05, 3.63) is 0 Å². The third-order valence-electron chi connectivity index (χ3n) is 1.79. The minimum atomic E-state index is -0.589. The van der Waals surface area contributed by atoms with Gasteiger partial charge in [-0.15, -0.1) is 0 Å². The van der Waals surface area contributed by atoms with Crippen molar-refractivity contribution in [1.29, 1.82) is 0 Å². The number of nitrogens with one attached hydrogen (secondary N) is 1. The highest BCUT2D eigenvalue weighted by Crippen LogP contribution is 2.27. The predicted molar refractivity (Wildman–Crippen MR) is 59.7 cm³/mol. The lowest BCUT2D eigenvalue weighted by Crippen LogP contribution is -2.35. The average molecular weight is 223 g/mol. The van der Waals surface area contributed by atoms with Gasteiger partial charge in [0.15, 0.2) is 0 Å². The van der Waals surface area contributed by atoms with Gasteiger partial charge in [0.2, 0.25) is 5.78 Å². The number of alkyl carbamates (subject to hydrolysis) is 1. The average Bonchev–Trinajstić information content (AvgIpc) is 2.92. The first-order chi connectivity index (χ1) is 7.37. The lowest BCUT2D eigenvalue weighted by Gasteiger charge is -2.19. The normalized spacial score (nSPS) is 14.7. The lowest BCUT2D eigenvalue weighted by molar-refractivity contribution is -0.113. The van der Waals surface area contributed by atoms with Gasteiger partial charge < -0.3 is 10.1 Å². The molecule has 1 N–H and O–H groups in total. The molecule has 4 nitrogen and oxygen atoms in total. The first-order valence-electron chi connectivity index (χ1n) is 5.38. The molecule has 0 saturated heterocycles. The van der Waals surface area contributed by atoms with Gasteiger partial charge in [-0.3, -0.25) is 4.79 Å². The predicted octanol–water partition coefficient (Wildman–Crippen LogP) is 1.49. The van der Waals surface area contributed by atoms with Gasteiger partial charge in [0, 0.05) is 5.92 Å². The summed E-state index contributed by atoms with van der Waals surface area (Å²) in [6, 6.07) is 0. The molecule has 1 saturated carbocycles. The highest BCUT2D eigenvalue weighted by molar-refractivity contribution is 5.98. The molecule has 88 valence electrons. The van der Waals surface area contributed by atoms with Crippen LogP contribution < -0.4 is 5.32 Å². The van der Waals surface area contributed by atoms with E-state index in [2.05, 4.69) is 17.2 Å². The first kappa shape index (κ1) is 12.6. The Morgan fingerprint density at radius 1 is 1.38 bits per heavy atom. The quantitative estimate of drug-likeness (QED) is 0.570. The standard InChI is InChI=1S/C12H17NO3/c1-12(2,3)16-11(15)13-8-10(14)7-6-9-4-5-9/h9H,4-5,8H2,1-3H3,(H,13,15). The van der Waals surface area contributed by atoms with Gasteiger partial charge in [-0.2, -0.15) is 0 Å². The maximum Gasteiger partial charge on any atom is 0.408 e. The van der Waals surface area contributed by atoms with Gasteiger partial charge in [-0.1, -0.05) is 5.92 Å². The Hall–Kier alpha value is -1.50. The summed E-state index contributed by atoms with van der Waals surface area (Å²) in [5.74, 6) is 5.45.